The van der Waals surface area contributed by atoms with Gasteiger partial charge in [0.25, 0.3) is 0 Å². The number of nitrogens with zero attached hydrogens (tertiary/aromatic N) is 4. The Hall–Kier alpha value is -1.87. The molecule has 4 unspecified atom stereocenters. The molecule has 3 aliphatic rings. The minimum atomic E-state index is -0.280. The molecule has 7 nitrogen and oxygen atoms in total. The molecule has 1 saturated heterocycles. The van der Waals surface area contributed by atoms with Crippen LogP contribution in [0, 0.1) is 17.8 Å². The summed E-state index contributed by atoms with van der Waals surface area (Å²) < 4.78 is 2.36. The number of amides is 3. The molecule has 2 aliphatic carbocycles. The highest BCUT2D eigenvalue weighted by atomic mass is 32.2. The highest BCUT2D eigenvalue weighted by Crippen LogP contribution is 2.53. The lowest BCUT2D eigenvalue weighted by Crippen LogP contribution is -2.32. The van der Waals surface area contributed by atoms with Gasteiger partial charge in [0.05, 0.1) is 11.4 Å². The minimum Gasteiger partial charge on any atom is -0.329 e. The van der Waals surface area contributed by atoms with Crippen LogP contribution in [0.5, 0.6) is 0 Å². The zero-order valence-electron chi connectivity index (χ0n) is 17.1. The number of nitrogens with one attached hydrogen (secondary N) is 1. The second kappa shape index (κ2) is 8.34. The van der Waals surface area contributed by atoms with Gasteiger partial charge in [-0.15, -0.1) is 21.5 Å². The van der Waals surface area contributed by atoms with E-state index < -0.39 is 0 Å². The van der Waals surface area contributed by atoms with Crippen LogP contribution >= 0.6 is 23.1 Å². The first-order valence-electron chi connectivity index (χ1n) is 10.8. The van der Waals surface area contributed by atoms with Crippen molar-refractivity contribution >= 4 is 35.0 Å². The first-order valence-corrected chi connectivity index (χ1v) is 12.7. The van der Waals surface area contributed by atoms with Gasteiger partial charge >= 0.3 is 6.03 Å². The molecule has 9 heteroatoms. The van der Waals surface area contributed by atoms with E-state index in [1.54, 1.807) is 23.1 Å². The summed E-state index contributed by atoms with van der Waals surface area (Å²) in [5.74, 6) is 4.06. The van der Waals surface area contributed by atoms with Crippen molar-refractivity contribution in [2.75, 3.05) is 18.8 Å². The van der Waals surface area contributed by atoms with Gasteiger partial charge in [-0.1, -0.05) is 24.2 Å². The Kier molecular flexibility index (Phi) is 5.58. The van der Waals surface area contributed by atoms with Crippen LogP contribution in [0.2, 0.25) is 0 Å². The Morgan fingerprint density at radius 3 is 2.87 bits per heavy atom. The molecule has 4 atom stereocenters. The highest BCUT2D eigenvalue weighted by Gasteiger charge is 2.43. The van der Waals surface area contributed by atoms with Crippen LogP contribution in [-0.2, 0) is 4.79 Å². The van der Waals surface area contributed by atoms with Crippen LogP contribution < -0.4 is 5.32 Å². The Morgan fingerprint density at radius 2 is 2.20 bits per heavy atom. The normalized spacial score (nSPS) is 26.6. The largest absolute Gasteiger partial charge is 0.329 e. The van der Waals surface area contributed by atoms with Crippen molar-refractivity contribution in [3.8, 4) is 10.7 Å². The van der Waals surface area contributed by atoms with E-state index in [2.05, 4.69) is 44.5 Å². The Morgan fingerprint density at radius 1 is 1.30 bits per heavy atom. The molecular weight excluding hydrogens is 418 g/mol. The smallest absolute Gasteiger partial charge is 0.324 e. The van der Waals surface area contributed by atoms with Crippen LogP contribution in [0.1, 0.15) is 45.1 Å². The molecule has 3 fully saturated rings. The van der Waals surface area contributed by atoms with Crippen molar-refractivity contribution in [3.05, 3.63) is 17.5 Å². The topological polar surface area (TPSA) is 80.1 Å². The summed E-state index contributed by atoms with van der Waals surface area (Å²) in [6.07, 6.45) is 6.22. The van der Waals surface area contributed by atoms with Crippen molar-refractivity contribution in [3.63, 3.8) is 0 Å². The molecule has 1 aliphatic heterocycles. The molecule has 0 spiro atoms. The van der Waals surface area contributed by atoms with E-state index in [4.69, 9.17) is 0 Å². The van der Waals surface area contributed by atoms with Gasteiger partial charge in [-0.05, 0) is 61.8 Å². The Balaban J connectivity index is 1.31. The van der Waals surface area contributed by atoms with Crippen LogP contribution in [0.3, 0.4) is 0 Å². The van der Waals surface area contributed by atoms with E-state index in [0.29, 0.717) is 18.5 Å². The number of urea groups is 1. The van der Waals surface area contributed by atoms with Crippen LogP contribution in [-0.4, -0.2) is 50.4 Å². The van der Waals surface area contributed by atoms with E-state index in [-0.39, 0.29) is 18.5 Å². The summed E-state index contributed by atoms with van der Waals surface area (Å²) in [6.45, 7) is 2.90. The molecule has 160 valence electrons. The number of thiophene rings is 1. The lowest BCUT2D eigenvalue weighted by molar-refractivity contribution is -0.124. The monoisotopic (exact) mass is 445 g/mol. The molecule has 0 aromatic carbocycles. The average molecular weight is 446 g/mol. The highest BCUT2D eigenvalue weighted by molar-refractivity contribution is 7.99. The predicted octanol–water partition coefficient (Wildman–Crippen LogP) is 4.04. The molecule has 5 rings (SSSR count). The van der Waals surface area contributed by atoms with Crippen molar-refractivity contribution in [1.82, 2.24) is 25.0 Å². The standard InChI is InChI=1S/C21H27N5O2S2/c1-13(16-11-14-5-6-15(16)10-14)26-19(17-4-2-8-29-17)23-24-21(26)30-9-3-7-25-18(27)12-22-20(25)28/h2,4,8,13-16H,3,5-7,9-12H2,1H3,(H,22,28). The Bertz CT molecular complexity index is 912. The maximum absolute atomic E-state index is 11.7. The van der Waals surface area contributed by atoms with Crippen molar-refractivity contribution in [2.24, 2.45) is 17.8 Å². The molecule has 1 N–H and O–H groups in total. The molecule has 3 heterocycles. The number of carbonyl (C=O) groups is 2. The zero-order chi connectivity index (χ0) is 20.7. The van der Waals surface area contributed by atoms with Gasteiger partial charge in [0.2, 0.25) is 5.91 Å². The molecule has 30 heavy (non-hydrogen) atoms. The van der Waals surface area contributed by atoms with Crippen LogP contribution in [0.15, 0.2) is 22.7 Å². The van der Waals surface area contributed by atoms with Crippen LogP contribution in [0.4, 0.5) is 4.79 Å². The summed E-state index contributed by atoms with van der Waals surface area (Å²) in [7, 11) is 0. The number of hydrogen-bond donors (Lipinski definition) is 1. The summed E-state index contributed by atoms with van der Waals surface area (Å²) in [4.78, 5) is 25.9. The fourth-order valence-corrected chi connectivity index (χ4v) is 7.11. The van der Waals surface area contributed by atoms with Crippen molar-refractivity contribution in [1.29, 1.82) is 0 Å². The van der Waals surface area contributed by atoms with E-state index >= 15 is 0 Å². The third kappa shape index (κ3) is 3.66. The average Bonchev–Trinajstić information content (AvgIpc) is 3.55. The molecule has 2 aromatic rings. The van der Waals surface area contributed by atoms with Gasteiger partial charge in [-0.25, -0.2) is 4.79 Å². The first kappa shape index (κ1) is 20.1. The molecule has 0 radical (unpaired) electrons. The summed E-state index contributed by atoms with van der Waals surface area (Å²) in [5, 5.41) is 14.7. The fraction of sp³-hybridized carbons (Fsp3) is 0.619. The van der Waals surface area contributed by atoms with Gasteiger partial charge in [-0.2, -0.15) is 0 Å². The maximum Gasteiger partial charge on any atom is 0.324 e. The second-order valence-corrected chi connectivity index (χ2v) is 10.6. The van der Waals surface area contributed by atoms with Gasteiger partial charge in [0, 0.05) is 18.3 Å². The third-order valence-electron chi connectivity index (χ3n) is 6.92. The SMILES string of the molecule is CC(C1CC2CCC1C2)n1c(SCCCN2C(=O)CNC2=O)nnc1-c1cccs1. The third-order valence-corrected chi connectivity index (χ3v) is 8.82. The zero-order valence-corrected chi connectivity index (χ0v) is 18.8. The number of fused-ring (bicyclic) bond motifs is 2. The number of rotatable bonds is 8. The van der Waals surface area contributed by atoms with E-state index in [1.807, 2.05) is 0 Å². The number of imide groups is 1. The van der Waals surface area contributed by atoms with Crippen LogP contribution in [0.25, 0.3) is 10.7 Å². The van der Waals surface area contributed by atoms with E-state index in [9.17, 15) is 9.59 Å². The Labute approximate surface area is 184 Å². The molecule has 2 saturated carbocycles. The molecule has 3 amide bonds. The number of hydrogen-bond acceptors (Lipinski definition) is 6. The minimum absolute atomic E-state index is 0.117. The number of aromatic nitrogens is 3. The second-order valence-electron chi connectivity index (χ2n) is 8.64. The predicted molar refractivity (Wildman–Crippen MR) is 117 cm³/mol. The molecule has 2 bridgehead atoms. The number of carbonyl (C=O) groups excluding carboxylic acids is 2. The summed E-state index contributed by atoms with van der Waals surface area (Å²) in [5.41, 5.74) is 0. The van der Waals surface area contributed by atoms with Gasteiger partial charge in [0.15, 0.2) is 11.0 Å². The van der Waals surface area contributed by atoms with E-state index in [1.165, 1.54) is 30.6 Å². The fourth-order valence-electron chi connectivity index (χ4n) is 5.46. The first-order chi connectivity index (χ1) is 14.6. The lowest BCUT2D eigenvalue weighted by atomic mass is 9.84. The van der Waals surface area contributed by atoms with Crippen molar-refractivity contribution in [2.45, 2.75) is 50.2 Å². The van der Waals surface area contributed by atoms with Gasteiger partial charge in [0.1, 0.15) is 0 Å². The summed E-state index contributed by atoms with van der Waals surface area (Å²) >= 11 is 3.39. The van der Waals surface area contributed by atoms with Gasteiger partial charge in [-0.3, -0.25) is 14.3 Å². The quantitative estimate of drug-likeness (QED) is 0.377. The van der Waals surface area contributed by atoms with Crippen molar-refractivity contribution < 1.29 is 9.59 Å². The van der Waals surface area contributed by atoms with Gasteiger partial charge < -0.3 is 5.32 Å². The molecular formula is C21H27N5O2S2. The maximum atomic E-state index is 11.7. The number of thioether (sulfide) groups is 1. The molecule has 2 aromatic heterocycles. The van der Waals surface area contributed by atoms with E-state index in [0.717, 1.165) is 39.9 Å². The summed E-state index contributed by atoms with van der Waals surface area (Å²) in [6, 6.07) is 4.27. The lowest BCUT2D eigenvalue weighted by Gasteiger charge is -2.30.